The van der Waals surface area contributed by atoms with Gasteiger partial charge in [0, 0.05) is 9.52 Å². The van der Waals surface area contributed by atoms with Crippen LogP contribution in [-0.4, -0.2) is 21.7 Å². The molecule has 2 heteroatoms. The van der Waals surface area contributed by atoms with E-state index in [1.165, 1.54) is 25.3 Å². The zero-order chi connectivity index (χ0) is 6.97. The van der Waals surface area contributed by atoms with Crippen LogP contribution < -0.4 is 0 Å². The van der Waals surface area contributed by atoms with Gasteiger partial charge in [0.15, 0.2) is 0 Å². The predicted molar refractivity (Wildman–Crippen MR) is 45.3 cm³/mol. The van der Waals surface area contributed by atoms with Crippen molar-refractivity contribution in [3.8, 4) is 0 Å². The van der Waals surface area contributed by atoms with Gasteiger partial charge in [0.05, 0.1) is 12.2 Å². The molecule has 0 aromatic rings. The Kier molecular flexibility index (Phi) is 1.83. The van der Waals surface area contributed by atoms with E-state index in [9.17, 15) is 0 Å². The highest BCUT2D eigenvalue weighted by Gasteiger charge is 2.43. The third-order valence-electron chi connectivity index (χ3n) is 2.81. The van der Waals surface area contributed by atoms with Gasteiger partial charge in [-0.25, -0.2) is 0 Å². The molecular weight excluding hydrogens is 140 g/mol. The second-order valence-corrected chi connectivity index (χ2v) is 6.41. The van der Waals surface area contributed by atoms with E-state index in [2.05, 4.69) is 6.92 Å². The van der Waals surface area contributed by atoms with Crippen LogP contribution in [0, 0.1) is 0 Å². The van der Waals surface area contributed by atoms with Crippen LogP contribution in [0.25, 0.3) is 0 Å². The van der Waals surface area contributed by atoms with Gasteiger partial charge in [-0.3, -0.25) is 0 Å². The molecule has 10 heavy (non-hydrogen) atoms. The van der Waals surface area contributed by atoms with Crippen LogP contribution in [0.4, 0.5) is 0 Å². The van der Waals surface area contributed by atoms with Gasteiger partial charge in [-0.15, -0.1) is 0 Å². The average molecular weight is 156 g/mol. The van der Waals surface area contributed by atoms with Crippen molar-refractivity contribution < 1.29 is 4.74 Å². The van der Waals surface area contributed by atoms with Gasteiger partial charge in [-0.05, 0) is 18.4 Å². The minimum atomic E-state index is 0.291. The lowest BCUT2D eigenvalue weighted by molar-refractivity contribution is 0.373. The first kappa shape index (κ1) is 6.86. The summed E-state index contributed by atoms with van der Waals surface area (Å²) in [7, 11) is 0.291. The molecule has 1 saturated heterocycles. The Balaban J connectivity index is 1.77. The van der Waals surface area contributed by atoms with E-state index in [1.54, 1.807) is 0 Å². The van der Waals surface area contributed by atoms with Crippen LogP contribution in [0.1, 0.15) is 26.2 Å². The van der Waals surface area contributed by atoms with Gasteiger partial charge in [-0.2, -0.15) is 0 Å². The van der Waals surface area contributed by atoms with Gasteiger partial charge in [0.1, 0.15) is 0 Å². The first-order valence-electron chi connectivity index (χ1n) is 4.55. The summed E-state index contributed by atoms with van der Waals surface area (Å²) < 4.78 is 5.48. The molecule has 1 aliphatic carbocycles. The van der Waals surface area contributed by atoms with Gasteiger partial charge in [-0.1, -0.05) is 19.4 Å². The van der Waals surface area contributed by atoms with E-state index in [0.29, 0.717) is 15.6 Å². The predicted octanol–water partition coefficient (Wildman–Crippen LogP) is 1.33. The van der Waals surface area contributed by atoms with E-state index in [1.807, 2.05) is 0 Å². The smallest absolute Gasteiger partial charge is 0.0841 e. The average Bonchev–Trinajstić information content (AvgIpc) is 2.66. The van der Waals surface area contributed by atoms with Crippen LogP contribution in [0.2, 0.25) is 11.6 Å². The summed E-state index contributed by atoms with van der Waals surface area (Å²) >= 11 is 0. The van der Waals surface area contributed by atoms with E-state index in [4.69, 9.17) is 4.74 Å². The van der Waals surface area contributed by atoms with E-state index >= 15 is 0 Å². The number of hydrogen-bond donors (Lipinski definition) is 0. The van der Waals surface area contributed by atoms with E-state index in [0.717, 1.165) is 11.6 Å². The summed E-state index contributed by atoms with van der Waals surface area (Å²) in [5.41, 5.74) is 1.13. The van der Waals surface area contributed by atoms with Crippen molar-refractivity contribution in [1.29, 1.82) is 0 Å². The third-order valence-corrected chi connectivity index (χ3v) is 4.95. The molecule has 1 nitrogen and oxygen atoms in total. The topological polar surface area (TPSA) is 12.5 Å². The van der Waals surface area contributed by atoms with Crippen LogP contribution in [0.3, 0.4) is 0 Å². The van der Waals surface area contributed by atoms with Crippen molar-refractivity contribution in [2.45, 2.75) is 50.0 Å². The van der Waals surface area contributed by atoms with Crippen LogP contribution >= 0.6 is 0 Å². The molecule has 1 heterocycles. The Bertz CT molecular complexity index is 126. The summed E-state index contributed by atoms with van der Waals surface area (Å²) in [6.45, 7) is 2.34. The molecule has 2 rings (SSSR count). The fourth-order valence-corrected chi connectivity index (χ4v) is 4.06. The van der Waals surface area contributed by atoms with E-state index < -0.39 is 0 Å². The SMILES string of the molecule is CC[SiH2]C1CCC2OC2C1. The molecule has 0 aromatic carbocycles. The lowest BCUT2D eigenvalue weighted by atomic mass is 10.0. The number of fused-ring (bicyclic) bond motifs is 1. The second-order valence-electron chi connectivity index (χ2n) is 3.68. The highest BCUT2D eigenvalue weighted by Crippen LogP contribution is 2.41. The third kappa shape index (κ3) is 1.27. The van der Waals surface area contributed by atoms with E-state index in [-0.39, 0.29) is 0 Å². The summed E-state index contributed by atoms with van der Waals surface area (Å²) in [6.07, 6.45) is 5.72. The minimum absolute atomic E-state index is 0.291. The number of hydrogen-bond acceptors (Lipinski definition) is 1. The lowest BCUT2D eigenvalue weighted by Gasteiger charge is -2.16. The number of ether oxygens (including phenoxy) is 1. The standard InChI is InChI=1S/C8H16OSi/c1-2-10-6-3-4-7-8(5-6)9-7/h6-8H,2-5,10H2,1H3. The van der Waals surface area contributed by atoms with Crippen LogP contribution in [-0.2, 0) is 4.74 Å². The molecule has 0 spiro atoms. The Morgan fingerprint density at radius 1 is 1.40 bits per heavy atom. The van der Waals surface area contributed by atoms with Crippen molar-refractivity contribution in [2.75, 3.05) is 0 Å². The molecule has 0 N–H and O–H groups in total. The number of rotatable bonds is 2. The zero-order valence-corrected chi connectivity index (χ0v) is 8.09. The van der Waals surface area contributed by atoms with Crippen molar-refractivity contribution in [2.24, 2.45) is 0 Å². The molecule has 58 valence electrons. The van der Waals surface area contributed by atoms with Gasteiger partial charge in [0.2, 0.25) is 0 Å². The quantitative estimate of drug-likeness (QED) is 0.434. The molecule has 2 fully saturated rings. The van der Waals surface area contributed by atoms with Crippen LogP contribution in [0.15, 0.2) is 0 Å². The molecule has 3 atom stereocenters. The molecular formula is C8H16OSi. The summed E-state index contributed by atoms with van der Waals surface area (Å²) in [6, 6.07) is 1.49. The maximum absolute atomic E-state index is 5.48. The maximum atomic E-state index is 5.48. The minimum Gasteiger partial charge on any atom is -0.370 e. The lowest BCUT2D eigenvalue weighted by Crippen LogP contribution is -2.13. The Morgan fingerprint density at radius 2 is 2.30 bits per heavy atom. The number of epoxide rings is 1. The van der Waals surface area contributed by atoms with Crippen molar-refractivity contribution in [3.63, 3.8) is 0 Å². The largest absolute Gasteiger partial charge is 0.370 e. The molecule has 1 saturated carbocycles. The Labute approximate surface area is 65.0 Å². The van der Waals surface area contributed by atoms with Gasteiger partial charge >= 0.3 is 0 Å². The Hall–Kier alpha value is 0.177. The van der Waals surface area contributed by atoms with Gasteiger partial charge in [0.25, 0.3) is 0 Å². The molecule has 1 aliphatic heterocycles. The Morgan fingerprint density at radius 3 is 3.00 bits per heavy atom. The van der Waals surface area contributed by atoms with Crippen LogP contribution in [0.5, 0.6) is 0 Å². The molecule has 3 unspecified atom stereocenters. The van der Waals surface area contributed by atoms with Crippen molar-refractivity contribution in [3.05, 3.63) is 0 Å². The molecule has 0 amide bonds. The summed E-state index contributed by atoms with van der Waals surface area (Å²) in [5, 5.41) is 0. The zero-order valence-electron chi connectivity index (χ0n) is 6.68. The van der Waals surface area contributed by atoms with Gasteiger partial charge < -0.3 is 4.74 Å². The monoisotopic (exact) mass is 156 g/mol. The fraction of sp³-hybridized carbons (Fsp3) is 1.00. The second kappa shape index (κ2) is 2.66. The highest BCUT2D eigenvalue weighted by molar-refractivity contribution is 6.37. The molecule has 0 aromatic heterocycles. The normalized spacial score (nSPS) is 45.9. The fourth-order valence-electron chi connectivity index (χ4n) is 2.16. The molecule has 2 aliphatic rings. The molecule has 0 radical (unpaired) electrons. The first-order valence-corrected chi connectivity index (χ1v) is 6.37. The highest BCUT2D eigenvalue weighted by atomic mass is 28.2. The van der Waals surface area contributed by atoms with Crippen molar-refractivity contribution >= 4 is 9.52 Å². The van der Waals surface area contributed by atoms with Crippen molar-refractivity contribution in [1.82, 2.24) is 0 Å². The maximum Gasteiger partial charge on any atom is 0.0841 e. The molecule has 0 bridgehead atoms. The summed E-state index contributed by atoms with van der Waals surface area (Å²) in [5.74, 6) is 0. The first-order chi connectivity index (χ1) is 4.90. The summed E-state index contributed by atoms with van der Waals surface area (Å²) in [4.78, 5) is 0.